The molecule has 0 saturated heterocycles. The molecule has 0 radical (unpaired) electrons. The summed E-state index contributed by atoms with van der Waals surface area (Å²) in [7, 11) is 0. The molecule has 6 N–H and O–H groups in total. The molecule has 0 unspecified atom stereocenters. The Morgan fingerprint density at radius 1 is 1.19 bits per heavy atom. The Morgan fingerprint density at radius 2 is 1.81 bits per heavy atom. The Bertz CT molecular complexity index is 711. The SMILES string of the molecule is NC(=O)CN(CC(N)=O)C(=O)c1sc2cccnc2c1N. The van der Waals surface area contributed by atoms with Crippen molar-refractivity contribution in [3.8, 4) is 0 Å². The molecule has 2 aromatic heterocycles. The molecule has 0 aliphatic heterocycles. The molecule has 110 valence electrons. The number of rotatable bonds is 5. The van der Waals surface area contributed by atoms with Gasteiger partial charge in [0.25, 0.3) is 5.91 Å². The smallest absolute Gasteiger partial charge is 0.267 e. The van der Waals surface area contributed by atoms with Gasteiger partial charge in [-0.1, -0.05) is 0 Å². The van der Waals surface area contributed by atoms with E-state index in [1.807, 2.05) is 0 Å². The lowest BCUT2D eigenvalue weighted by atomic mass is 10.3. The first-order valence-electron chi connectivity index (χ1n) is 5.89. The van der Waals surface area contributed by atoms with Crippen molar-refractivity contribution in [2.24, 2.45) is 11.5 Å². The van der Waals surface area contributed by atoms with Crippen molar-refractivity contribution in [3.05, 3.63) is 23.2 Å². The number of hydrogen-bond acceptors (Lipinski definition) is 6. The van der Waals surface area contributed by atoms with Gasteiger partial charge in [-0.15, -0.1) is 11.3 Å². The molecule has 9 heteroatoms. The van der Waals surface area contributed by atoms with Crippen LogP contribution in [0.5, 0.6) is 0 Å². The highest BCUT2D eigenvalue weighted by Crippen LogP contribution is 2.32. The first-order valence-corrected chi connectivity index (χ1v) is 6.70. The molecular weight excluding hydrogens is 294 g/mol. The summed E-state index contributed by atoms with van der Waals surface area (Å²) in [5.41, 5.74) is 16.8. The Labute approximate surface area is 123 Å². The minimum atomic E-state index is -0.748. The molecule has 0 aromatic carbocycles. The van der Waals surface area contributed by atoms with Crippen LogP contribution in [0.1, 0.15) is 9.67 Å². The lowest BCUT2D eigenvalue weighted by Crippen LogP contribution is -2.43. The highest BCUT2D eigenvalue weighted by Gasteiger charge is 2.24. The molecule has 8 nitrogen and oxygen atoms in total. The zero-order valence-corrected chi connectivity index (χ0v) is 11.7. The molecule has 2 rings (SSSR count). The quantitative estimate of drug-likeness (QED) is 0.668. The predicted octanol–water partition coefficient (Wildman–Crippen LogP) is -0.709. The number of nitrogens with two attached hydrogens (primary N) is 3. The van der Waals surface area contributed by atoms with E-state index in [0.29, 0.717) is 5.52 Å². The van der Waals surface area contributed by atoms with Gasteiger partial charge in [0, 0.05) is 6.20 Å². The fourth-order valence-corrected chi connectivity index (χ4v) is 2.87. The Balaban J connectivity index is 2.40. The molecule has 3 amide bonds. The van der Waals surface area contributed by atoms with Crippen LogP contribution in [-0.4, -0.2) is 40.7 Å². The van der Waals surface area contributed by atoms with Crippen LogP contribution < -0.4 is 17.2 Å². The van der Waals surface area contributed by atoms with Crippen molar-refractivity contribution in [1.29, 1.82) is 0 Å². The van der Waals surface area contributed by atoms with Gasteiger partial charge in [0.05, 0.1) is 10.4 Å². The normalized spacial score (nSPS) is 10.5. The maximum Gasteiger partial charge on any atom is 0.267 e. The van der Waals surface area contributed by atoms with Crippen molar-refractivity contribution < 1.29 is 14.4 Å². The highest BCUT2D eigenvalue weighted by atomic mass is 32.1. The van der Waals surface area contributed by atoms with Gasteiger partial charge in [-0.25, -0.2) is 0 Å². The molecule has 0 aliphatic carbocycles. The van der Waals surface area contributed by atoms with Gasteiger partial charge in [0.1, 0.15) is 23.5 Å². The van der Waals surface area contributed by atoms with Crippen LogP contribution in [-0.2, 0) is 9.59 Å². The second-order valence-corrected chi connectivity index (χ2v) is 5.34. The molecule has 2 aromatic rings. The van der Waals surface area contributed by atoms with Gasteiger partial charge < -0.3 is 22.1 Å². The van der Waals surface area contributed by atoms with Crippen molar-refractivity contribution in [3.63, 3.8) is 0 Å². The van der Waals surface area contributed by atoms with Crippen molar-refractivity contribution >= 4 is 45.0 Å². The summed E-state index contributed by atoms with van der Waals surface area (Å²) in [6.45, 7) is -0.828. The zero-order chi connectivity index (χ0) is 15.6. The van der Waals surface area contributed by atoms with E-state index in [4.69, 9.17) is 17.2 Å². The van der Waals surface area contributed by atoms with Gasteiger partial charge in [0.15, 0.2) is 0 Å². The number of anilines is 1. The molecule has 0 saturated carbocycles. The minimum absolute atomic E-state index is 0.200. The van der Waals surface area contributed by atoms with E-state index in [-0.39, 0.29) is 10.6 Å². The van der Waals surface area contributed by atoms with E-state index in [0.717, 1.165) is 20.9 Å². The second kappa shape index (κ2) is 5.75. The molecule has 2 heterocycles. The summed E-state index contributed by atoms with van der Waals surface area (Å²) in [6, 6.07) is 3.49. The van der Waals surface area contributed by atoms with Gasteiger partial charge in [-0.2, -0.15) is 0 Å². The molecular formula is C12H13N5O3S. The standard InChI is InChI=1S/C12H13N5O3S/c13-7(18)4-17(5-8(14)19)12(20)11-9(15)10-6(21-11)2-1-3-16-10/h1-3H,4-5,15H2,(H2,13,18)(H2,14,19). The fourth-order valence-electron chi connectivity index (χ4n) is 1.83. The number of amides is 3. The van der Waals surface area contributed by atoms with Crippen LogP contribution in [0, 0.1) is 0 Å². The number of nitrogen functional groups attached to an aromatic ring is 1. The monoisotopic (exact) mass is 307 g/mol. The van der Waals surface area contributed by atoms with Crippen LogP contribution in [0.3, 0.4) is 0 Å². The van der Waals surface area contributed by atoms with Gasteiger partial charge in [0.2, 0.25) is 11.8 Å². The molecule has 0 aliphatic rings. The molecule has 0 fully saturated rings. The summed E-state index contributed by atoms with van der Waals surface area (Å²) in [4.78, 5) is 39.7. The number of fused-ring (bicyclic) bond motifs is 1. The number of thiophene rings is 1. The van der Waals surface area contributed by atoms with E-state index >= 15 is 0 Å². The maximum absolute atomic E-state index is 12.4. The number of primary amides is 2. The van der Waals surface area contributed by atoms with Crippen LogP contribution in [0.4, 0.5) is 5.69 Å². The third-order valence-electron chi connectivity index (χ3n) is 2.66. The maximum atomic E-state index is 12.4. The number of aromatic nitrogens is 1. The summed E-state index contributed by atoms with van der Waals surface area (Å²) in [6.07, 6.45) is 1.56. The van der Waals surface area contributed by atoms with E-state index in [9.17, 15) is 14.4 Å². The van der Waals surface area contributed by atoms with Crippen LogP contribution in [0.25, 0.3) is 10.2 Å². The van der Waals surface area contributed by atoms with Crippen molar-refractivity contribution in [2.45, 2.75) is 0 Å². The van der Waals surface area contributed by atoms with Crippen LogP contribution >= 0.6 is 11.3 Å². The van der Waals surface area contributed by atoms with Gasteiger partial charge in [-0.05, 0) is 12.1 Å². The zero-order valence-electron chi connectivity index (χ0n) is 10.9. The highest BCUT2D eigenvalue weighted by molar-refractivity contribution is 7.21. The minimum Gasteiger partial charge on any atom is -0.396 e. The summed E-state index contributed by atoms with van der Waals surface area (Å²) < 4.78 is 0.733. The number of carbonyl (C=O) groups excluding carboxylic acids is 3. The van der Waals surface area contributed by atoms with E-state index in [2.05, 4.69) is 4.98 Å². The van der Waals surface area contributed by atoms with Gasteiger partial charge in [-0.3, -0.25) is 19.4 Å². The summed E-state index contributed by atoms with van der Waals surface area (Å²) in [5, 5.41) is 0. The molecule has 0 spiro atoms. The average molecular weight is 307 g/mol. The number of hydrogen-bond donors (Lipinski definition) is 3. The largest absolute Gasteiger partial charge is 0.396 e. The lowest BCUT2D eigenvalue weighted by Gasteiger charge is -2.18. The summed E-state index contributed by atoms with van der Waals surface area (Å²) in [5.74, 6) is -2.07. The Morgan fingerprint density at radius 3 is 2.33 bits per heavy atom. The third kappa shape index (κ3) is 3.08. The van der Waals surface area contributed by atoms with Crippen LogP contribution in [0.15, 0.2) is 18.3 Å². The van der Waals surface area contributed by atoms with Gasteiger partial charge >= 0.3 is 0 Å². The molecule has 0 bridgehead atoms. The van der Waals surface area contributed by atoms with E-state index in [1.165, 1.54) is 0 Å². The second-order valence-electron chi connectivity index (χ2n) is 4.29. The van der Waals surface area contributed by atoms with Crippen LogP contribution in [0.2, 0.25) is 0 Å². The predicted molar refractivity (Wildman–Crippen MR) is 78.3 cm³/mol. The topological polar surface area (TPSA) is 145 Å². The first-order chi connectivity index (χ1) is 9.90. The lowest BCUT2D eigenvalue weighted by molar-refractivity contribution is -0.121. The molecule has 0 atom stereocenters. The number of carbonyl (C=O) groups is 3. The summed E-state index contributed by atoms with van der Waals surface area (Å²) >= 11 is 1.13. The Kier molecular flexibility index (Phi) is 4.03. The number of nitrogens with zero attached hydrogens (tertiary/aromatic N) is 2. The fraction of sp³-hybridized carbons (Fsp3) is 0.167. The van der Waals surface area contributed by atoms with Crippen molar-refractivity contribution in [1.82, 2.24) is 9.88 Å². The van der Waals surface area contributed by atoms with Crippen molar-refractivity contribution in [2.75, 3.05) is 18.8 Å². The van der Waals surface area contributed by atoms with E-state index in [1.54, 1.807) is 18.3 Å². The number of pyridine rings is 1. The first kappa shape index (κ1) is 14.7. The Hall–Kier alpha value is -2.68. The third-order valence-corrected chi connectivity index (χ3v) is 3.81. The average Bonchev–Trinajstić information content (AvgIpc) is 2.74. The van der Waals surface area contributed by atoms with E-state index < -0.39 is 30.8 Å². The molecule has 21 heavy (non-hydrogen) atoms.